The first-order valence-electron chi connectivity index (χ1n) is 7.05. The van der Waals surface area contributed by atoms with Crippen LogP contribution < -0.4 is 10.2 Å². The van der Waals surface area contributed by atoms with Crippen LogP contribution in [-0.2, 0) is 4.79 Å². The Kier molecular flexibility index (Phi) is 4.71. The van der Waals surface area contributed by atoms with E-state index in [2.05, 4.69) is 26.8 Å². The molecule has 5 nitrogen and oxygen atoms in total. The summed E-state index contributed by atoms with van der Waals surface area (Å²) in [4.78, 5) is 23.1. The van der Waals surface area contributed by atoms with Crippen LogP contribution in [0.3, 0.4) is 0 Å². The zero-order chi connectivity index (χ0) is 14.5. The Bertz CT molecular complexity index is 493. The van der Waals surface area contributed by atoms with Crippen LogP contribution >= 0.6 is 0 Å². The van der Waals surface area contributed by atoms with Gasteiger partial charge < -0.3 is 10.2 Å². The largest absolute Gasteiger partial charge is 0.355 e. The lowest BCUT2D eigenvalue weighted by atomic mass is 9.96. The number of amides is 1. The minimum absolute atomic E-state index is 0.101. The van der Waals surface area contributed by atoms with Crippen LogP contribution in [0.2, 0.25) is 0 Å². The molecule has 0 aromatic carbocycles. The van der Waals surface area contributed by atoms with E-state index >= 15 is 0 Å². The topological polar surface area (TPSA) is 58.1 Å². The molecule has 2 rings (SSSR count). The van der Waals surface area contributed by atoms with Crippen molar-refractivity contribution in [1.29, 1.82) is 0 Å². The molecule has 1 aliphatic heterocycles. The lowest BCUT2D eigenvalue weighted by Crippen LogP contribution is -2.41. The average molecular weight is 274 g/mol. The van der Waals surface area contributed by atoms with E-state index in [1.807, 2.05) is 13.8 Å². The predicted octanol–water partition coefficient (Wildman–Crippen LogP) is 1.61. The molecule has 0 bridgehead atoms. The molecule has 0 radical (unpaired) electrons. The highest BCUT2D eigenvalue weighted by molar-refractivity contribution is 5.79. The Labute approximate surface area is 120 Å². The highest BCUT2D eigenvalue weighted by Crippen LogP contribution is 2.23. The third kappa shape index (κ3) is 3.35. The summed E-state index contributed by atoms with van der Waals surface area (Å²) in [7, 11) is 0. The third-order valence-electron chi connectivity index (χ3n) is 3.64. The number of aryl methyl sites for hydroxylation is 2. The summed E-state index contributed by atoms with van der Waals surface area (Å²) in [5.74, 6) is 1.19. The van der Waals surface area contributed by atoms with Crippen molar-refractivity contribution >= 4 is 11.7 Å². The van der Waals surface area contributed by atoms with Crippen molar-refractivity contribution in [1.82, 2.24) is 15.3 Å². The molecule has 0 aliphatic carbocycles. The van der Waals surface area contributed by atoms with Gasteiger partial charge in [0.1, 0.15) is 5.82 Å². The fraction of sp³-hybridized carbons (Fsp3) is 0.533. The molecule has 1 aromatic rings. The van der Waals surface area contributed by atoms with Crippen molar-refractivity contribution in [2.75, 3.05) is 24.5 Å². The van der Waals surface area contributed by atoms with Gasteiger partial charge in [0, 0.05) is 31.7 Å². The average Bonchev–Trinajstić information content (AvgIpc) is 2.47. The van der Waals surface area contributed by atoms with E-state index in [-0.39, 0.29) is 11.8 Å². The Balaban J connectivity index is 1.95. The molecule has 20 heavy (non-hydrogen) atoms. The number of nitrogens with zero attached hydrogens (tertiary/aromatic N) is 3. The minimum Gasteiger partial charge on any atom is -0.355 e. The standard InChI is InChI=1S/C15H22N4O/c1-4-7-16-15(20)13-5-8-19(9-6-13)14-12(3)17-10-11(2)18-14/h4,10,13H,1,5-9H2,2-3H3,(H,16,20). The van der Waals surface area contributed by atoms with E-state index in [1.165, 1.54) is 0 Å². The van der Waals surface area contributed by atoms with Crippen LogP contribution in [0.4, 0.5) is 5.82 Å². The molecule has 1 saturated heterocycles. The molecule has 1 aromatic heterocycles. The smallest absolute Gasteiger partial charge is 0.223 e. The maximum absolute atomic E-state index is 11.9. The first kappa shape index (κ1) is 14.5. The summed E-state index contributed by atoms with van der Waals surface area (Å²) in [5.41, 5.74) is 1.88. The quantitative estimate of drug-likeness (QED) is 0.848. The van der Waals surface area contributed by atoms with Gasteiger partial charge in [0.15, 0.2) is 0 Å². The van der Waals surface area contributed by atoms with Gasteiger partial charge in [-0.1, -0.05) is 6.08 Å². The van der Waals surface area contributed by atoms with Gasteiger partial charge in [-0.15, -0.1) is 6.58 Å². The van der Waals surface area contributed by atoms with E-state index in [1.54, 1.807) is 12.3 Å². The molecule has 0 saturated carbocycles. The second kappa shape index (κ2) is 6.50. The van der Waals surface area contributed by atoms with Gasteiger partial charge in [0.2, 0.25) is 5.91 Å². The SMILES string of the molecule is C=CCNC(=O)C1CCN(c2nc(C)cnc2C)CC1. The van der Waals surface area contributed by atoms with Crippen LogP contribution in [-0.4, -0.2) is 35.5 Å². The second-order valence-corrected chi connectivity index (χ2v) is 5.22. The van der Waals surface area contributed by atoms with E-state index < -0.39 is 0 Å². The van der Waals surface area contributed by atoms with Gasteiger partial charge in [0.05, 0.1) is 11.4 Å². The molecule has 1 aliphatic rings. The lowest BCUT2D eigenvalue weighted by molar-refractivity contribution is -0.125. The number of hydrogen-bond donors (Lipinski definition) is 1. The van der Waals surface area contributed by atoms with Crippen LogP contribution in [0.5, 0.6) is 0 Å². The van der Waals surface area contributed by atoms with Crippen molar-refractivity contribution in [3.8, 4) is 0 Å². The maximum atomic E-state index is 11.9. The van der Waals surface area contributed by atoms with E-state index in [4.69, 9.17) is 0 Å². The maximum Gasteiger partial charge on any atom is 0.223 e. The Morgan fingerprint density at radius 2 is 2.20 bits per heavy atom. The summed E-state index contributed by atoms with van der Waals surface area (Å²) < 4.78 is 0. The molecule has 1 amide bonds. The lowest BCUT2D eigenvalue weighted by Gasteiger charge is -2.32. The molecule has 2 heterocycles. The monoisotopic (exact) mass is 274 g/mol. The molecule has 5 heteroatoms. The van der Waals surface area contributed by atoms with Crippen LogP contribution in [0, 0.1) is 19.8 Å². The normalized spacial score (nSPS) is 16.0. The summed E-state index contributed by atoms with van der Waals surface area (Å²) in [6.45, 7) is 9.78. The number of nitrogens with one attached hydrogen (secondary N) is 1. The van der Waals surface area contributed by atoms with Gasteiger partial charge in [-0.3, -0.25) is 9.78 Å². The number of carbonyl (C=O) groups is 1. The van der Waals surface area contributed by atoms with Gasteiger partial charge in [0.25, 0.3) is 0 Å². The van der Waals surface area contributed by atoms with Gasteiger partial charge in [-0.2, -0.15) is 0 Å². The van der Waals surface area contributed by atoms with E-state index in [9.17, 15) is 4.79 Å². The molecule has 0 unspecified atom stereocenters. The summed E-state index contributed by atoms with van der Waals surface area (Å²) in [6.07, 6.45) is 5.21. The number of aromatic nitrogens is 2. The van der Waals surface area contributed by atoms with E-state index in [0.29, 0.717) is 6.54 Å². The minimum atomic E-state index is 0.101. The highest BCUT2D eigenvalue weighted by Gasteiger charge is 2.26. The van der Waals surface area contributed by atoms with Crippen LogP contribution in [0.15, 0.2) is 18.9 Å². The van der Waals surface area contributed by atoms with Crippen LogP contribution in [0.25, 0.3) is 0 Å². The van der Waals surface area contributed by atoms with Crippen molar-refractivity contribution in [3.63, 3.8) is 0 Å². The number of carbonyl (C=O) groups excluding carboxylic acids is 1. The third-order valence-corrected chi connectivity index (χ3v) is 3.64. The number of hydrogen-bond acceptors (Lipinski definition) is 4. The summed E-state index contributed by atoms with van der Waals surface area (Å²) in [6, 6.07) is 0. The zero-order valence-corrected chi connectivity index (χ0v) is 12.2. The molecule has 1 N–H and O–H groups in total. The van der Waals surface area contributed by atoms with Crippen molar-refractivity contribution in [3.05, 3.63) is 30.2 Å². The first-order chi connectivity index (χ1) is 9.61. The van der Waals surface area contributed by atoms with Crippen molar-refractivity contribution < 1.29 is 4.79 Å². The zero-order valence-electron chi connectivity index (χ0n) is 12.2. The Hall–Kier alpha value is -1.91. The Morgan fingerprint density at radius 1 is 1.50 bits per heavy atom. The summed E-state index contributed by atoms with van der Waals surface area (Å²) in [5, 5.41) is 2.87. The summed E-state index contributed by atoms with van der Waals surface area (Å²) >= 11 is 0. The number of rotatable bonds is 4. The van der Waals surface area contributed by atoms with Crippen LogP contribution in [0.1, 0.15) is 24.2 Å². The Morgan fingerprint density at radius 3 is 2.85 bits per heavy atom. The second-order valence-electron chi connectivity index (χ2n) is 5.22. The molecular formula is C15H22N4O. The molecule has 1 fully saturated rings. The number of piperidine rings is 1. The van der Waals surface area contributed by atoms with Crippen molar-refractivity contribution in [2.45, 2.75) is 26.7 Å². The highest BCUT2D eigenvalue weighted by atomic mass is 16.1. The van der Waals surface area contributed by atoms with Crippen molar-refractivity contribution in [2.24, 2.45) is 5.92 Å². The molecular weight excluding hydrogens is 252 g/mol. The molecule has 0 atom stereocenters. The van der Waals surface area contributed by atoms with E-state index in [0.717, 1.165) is 43.1 Å². The predicted molar refractivity (Wildman–Crippen MR) is 79.6 cm³/mol. The fourth-order valence-electron chi connectivity index (χ4n) is 2.49. The number of anilines is 1. The van der Waals surface area contributed by atoms with Gasteiger partial charge >= 0.3 is 0 Å². The molecule has 108 valence electrons. The fourth-order valence-corrected chi connectivity index (χ4v) is 2.49. The molecule has 0 spiro atoms. The van der Waals surface area contributed by atoms with Gasteiger partial charge in [-0.05, 0) is 26.7 Å². The first-order valence-corrected chi connectivity index (χ1v) is 7.05. The van der Waals surface area contributed by atoms with Gasteiger partial charge in [-0.25, -0.2) is 4.98 Å².